The molecule has 4 nitrogen and oxygen atoms in total. The first kappa shape index (κ1) is 16.8. The predicted octanol–water partition coefficient (Wildman–Crippen LogP) is 4.88. The number of carboxylic acid groups (broad SMARTS) is 1. The van der Waals surface area contributed by atoms with Crippen LogP contribution in [-0.2, 0) is 6.54 Å². The minimum Gasteiger partial charge on any atom is -0.508 e. The molecular weight excluding hydrogens is 314 g/mol. The molecule has 0 spiro atoms. The van der Waals surface area contributed by atoms with Gasteiger partial charge in [-0.15, -0.1) is 0 Å². The van der Waals surface area contributed by atoms with Gasteiger partial charge < -0.3 is 14.8 Å². The fraction of sp³-hybridized carbons (Fsp3) is 0.190. The molecule has 0 bridgehead atoms. The van der Waals surface area contributed by atoms with Crippen molar-refractivity contribution < 1.29 is 15.0 Å². The summed E-state index contributed by atoms with van der Waals surface area (Å²) in [5.74, 6) is -0.218. The zero-order valence-electron chi connectivity index (χ0n) is 14.3. The molecule has 2 aromatic carbocycles. The minimum absolute atomic E-state index is 0.246. The number of rotatable bonds is 5. The monoisotopic (exact) mass is 335 g/mol. The predicted molar refractivity (Wildman–Crippen MR) is 98.8 cm³/mol. The van der Waals surface area contributed by atoms with Crippen molar-refractivity contribution >= 4 is 5.97 Å². The quantitative estimate of drug-likeness (QED) is 0.698. The highest BCUT2D eigenvalue weighted by atomic mass is 16.4. The molecule has 0 radical (unpaired) electrons. The summed E-state index contributed by atoms with van der Waals surface area (Å²) in [6.45, 7) is 5.18. The van der Waals surface area contributed by atoms with E-state index in [2.05, 4.69) is 30.5 Å². The molecule has 0 atom stereocenters. The fourth-order valence-corrected chi connectivity index (χ4v) is 2.95. The summed E-state index contributed by atoms with van der Waals surface area (Å²) in [7, 11) is 0. The van der Waals surface area contributed by atoms with Gasteiger partial charge in [0.1, 0.15) is 5.75 Å². The smallest absolute Gasteiger partial charge is 0.335 e. The SMILES string of the molecule is CC(C)Cn1c(-c2ccc(O)cc2)ccc1-c1ccc(C(=O)O)cc1. The number of carbonyl (C=O) groups is 1. The minimum atomic E-state index is -0.922. The number of phenols is 1. The standard InChI is InChI=1S/C21H21NO3/c1-14(2)13-22-19(15-3-5-17(6-4-15)21(24)25)11-12-20(22)16-7-9-18(23)10-8-16/h3-12,14,23H,13H2,1-2H3,(H,24,25). The normalized spacial score (nSPS) is 11.0. The Hall–Kier alpha value is -3.01. The van der Waals surface area contributed by atoms with Crippen molar-refractivity contribution in [3.8, 4) is 28.3 Å². The zero-order valence-corrected chi connectivity index (χ0v) is 14.3. The summed E-state index contributed by atoms with van der Waals surface area (Å²) in [5.41, 5.74) is 4.42. The van der Waals surface area contributed by atoms with Gasteiger partial charge in [0.25, 0.3) is 0 Å². The van der Waals surface area contributed by atoms with E-state index in [-0.39, 0.29) is 11.3 Å². The summed E-state index contributed by atoms with van der Waals surface area (Å²) in [5, 5.41) is 18.6. The van der Waals surface area contributed by atoms with Gasteiger partial charge in [-0.2, -0.15) is 0 Å². The number of nitrogens with zero attached hydrogens (tertiary/aromatic N) is 1. The summed E-state index contributed by atoms with van der Waals surface area (Å²) in [4.78, 5) is 11.1. The molecular formula is C21H21NO3. The molecule has 0 saturated heterocycles. The van der Waals surface area contributed by atoms with Crippen LogP contribution in [0.5, 0.6) is 5.75 Å². The van der Waals surface area contributed by atoms with Gasteiger partial charge in [-0.1, -0.05) is 26.0 Å². The van der Waals surface area contributed by atoms with E-state index in [1.54, 1.807) is 24.3 Å². The van der Waals surface area contributed by atoms with Gasteiger partial charge in [0.05, 0.1) is 5.56 Å². The van der Waals surface area contributed by atoms with Crippen molar-refractivity contribution in [3.05, 3.63) is 66.2 Å². The molecule has 0 unspecified atom stereocenters. The Kier molecular flexibility index (Phi) is 4.61. The first-order valence-corrected chi connectivity index (χ1v) is 8.28. The molecule has 2 N–H and O–H groups in total. The zero-order chi connectivity index (χ0) is 18.0. The van der Waals surface area contributed by atoms with Crippen molar-refractivity contribution in [1.29, 1.82) is 0 Å². The Morgan fingerprint density at radius 1 is 0.880 bits per heavy atom. The molecule has 25 heavy (non-hydrogen) atoms. The van der Waals surface area contributed by atoms with Gasteiger partial charge >= 0.3 is 5.97 Å². The van der Waals surface area contributed by atoms with Gasteiger partial charge in [0, 0.05) is 17.9 Å². The second-order valence-electron chi connectivity index (χ2n) is 6.54. The Bertz CT molecular complexity index is 875. The number of carboxylic acids is 1. The maximum atomic E-state index is 11.1. The molecule has 1 aromatic heterocycles. The molecule has 0 aliphatic rings. The maximum absolute atomic E-state index is 11.1. The second kappa shape index (κ2) is 6.85. The summed E-state index contributed by atoms with van der Waals surface area (Å²) in [6, 6.07) is 18.2. The van der Waals surface area contributed by atoms with E-state index in [9.17, 15) is 9.90 Å². The van der Waals surface area contributed by atoms with Crippen molar-refractivity contribution in [2.75, 3.05) is 0 Å². The number of aromatic hydroxyl groups is 1. The van der Waals surface area contributed by atoms with Crippen LogP contribution in [0.3, 0.4) is 0 Å². The molecule has 0 fully saturated rings. The number of benzene rings is 2. The molecule has 0 aliphatic carbocycles. The molecule has 0 aliphatic heterocycles. The summed E-state index contributed by atoms with van der Waals surface area (Å²) in [6.07, 6.45) is 0. The van der Waals surface area contributed by atoms with E-state index < -0.39 is 5.97 Å². The maximum Gasteiger partial charge on any atom is 0.335 e. The topological polar surface area (TPSA) is 62.5 Å². The van der Waals surface area contributed by atoms with Crippen LogP contribution in [-0.4, -0.2) is 20.7 Å². The Morgan fingerprint density at radius 3 is 1.80 bits per heavy atom. The average molecular weight is 335 g/mol. The van der Waals surface area contributed by atoms with Crippen LogP contribution < -0.4 is 0 Å². The Morgan fingerprint density at radius 2 is 1.36 bits per heavy atom. The van der Waals surface area contributed by atoms with Crippen molar-refractivity contribution in [2.24, 2.45) is 5.92 Å². The number of hydrogen-bond donors (Lipinski definition) is 2. The average Bonchev–Trinajstić information content (AvgIpc) is 2.98. The summed E-state index contributed by atoms with van der Waals surface area (Å²) < 4.78 is 2.24. The van der Waals surface area contributed by atoms with Crippen LogP contribution in [0, 0.1) is 5.92 Å². The largest absolute Gasteiger partial charge is 0.508 e. The molecule has 3 aromatic rings. The molecule has 3 rings (SSSR count). The highest BCUT2D eigenvalue weighted by Crippen LogP contribution is 2.31. The van der Waals surface area contributed by atoms with Crippen LogP contribution in [0.2, 0.25) is 0 Å². The van der Waals surface area contributed by atoms with Gasteiger partial charge in [0.2, 0.25) is 0 Å². The molecule has 128 valence electrons. The highest BCUT2D eigenvalue weighted by molar-refractivity contribution is 5.88. The lowest BCUT2D eigenvalue weighted by Crippen LogP contribution is -2.07. The van der Waals surface area contributed by atoms with E-state index in [1.807, 2.05) is 24.3 Å². The first-order valence-electron chi connectivity index (χ1n) is 8.28. The molecule has 1 heterocycles. The molecule has 0 amide bonds. The lowest BCUT2D eigenvalue weighted by Gasteiger charge is -2.16. The lowest BCUT2D eigenvalue weighted by atomic mass is 10.1. The Labute approximate surface area is 147 Å². The number of aromatic carboxylic acids is 1. The number of aromatic nitrogens is 1. The third-order valence-corrected chi connectivity index (χ3v) is 4.12. The van der Waals surface area contributed by atoms with E-state index >= 15 is 0 Å². The van der Waals surface area contributed by atoms with E-state index in [0.717, 1.165) is 29.1 Å². The number of hydrogen-bond acceptors (Lipinski definition) is 2. The summed E-state index contributed by atoms with van der Waals surface area (Å²) >= 11 is 0. The third-order valence-electron chi connectivity index (χ3n) is 4.12. The van der Waals surface area contributed by atoms with Gasteiger partial charge in [-0.25, -0.2) is 4.79 Å². The molecule has 4 heteroatoms. The Balaban J connectivity index is 2.07. The van der Waals surface area contributed by atoms with Gasteiger partial charge in [0.15, 0.2) is 0 Å². The van der Waals surface area contributed by atoms with Crippen LogP contribution in [0.4, 0.5) is 0 Å². The number of phenolic OH excluding ortho intramolecular Hbond substituents is 1. The lowest BCUT2D eigenvalue weighted by molar-refractivity contribution is 0.0697. The first-order chi connectivity index (χ1) is 12.0. The highest BCUT2D eigenvalue weighted by Gasteiger charge is 2.13. The second-order valence-corrected chi connectivity index (χ2v) is 6.54. The van der Waals surface area contributed by atoms with Crippen molar-refractivity contribution in [2.45, 2.75) is 20.4 Å². The van der Waals surface area contributed by atoms with Crippen molar-refractivity contribution in [3.63, 3.8) is 0 Å². The fourth-order valence-electron chi connectivity index (χ4n) is 2.95. The van der Waals surface area contributed by atoms with E-state index in [4.69, 9.17) is 5.11 Å². The van der Waals surface area contributed by atoms with Crippen molar-refractivity contribution in [1.82, 2.24) is 4.57 Å². The molecule has 0 saturated carbocycles. The van der Waals surface area contributed by atoms with E-state index in [1.165, 1.54) is 0 Å². The van der Waals surface area contributed by atoms with Gasteiger partial charge in [-0.05, 0) is 65.6 Å². The van der Waals surface area contributed by atoms with Crippen LogP contribution in [0.15, 0.2) is 60.7 Å². The third kappa shape index (κ3) is 3.58. The van der Waals surface area contributed by atoms with Crippen LogP contribution in [0.1, 0.15) is 24.2 Å². The van der Waals surface area contributed by atoms with Crippen LogP contribution in [0.25, 0.3) is 22.5 Å². The van der Waals surface area contributed by atoms with E-state index in [0.29, 0.717) is 5.92 Å². The van der Waals surface area contributed by atoms with Gasteiger partial charge in [-0.3, -0.25) is 0 Å². The van der Waals surface area contributed by atoms with Crippen LogP contribution >= 0.6 is 0 Å².